The summed E-state index contributed by atoms with van der Waals surface area (Å²) in [6.45, 7) is 3.74. The van der Waals surface area contributed by atoms with E-state index in [4.69, 9.17) is 0 Å². The van der Waals surface area contributed by atoms with E-state index >= 15 is 0 Å². The minimum absolute atomic E-state index is 0.123. The largest absolute Gasteiger partial charge is 0.289 e. The molecule has 2 rings (SSSR count). The van der Waals surface area contributed by atoms with Gasteiger partial charge in [0.05, 0.1) is 0 Å². The second-order valence-electron chi connectivity index (χ2n) is 3.65. The number of benzene rings is 1. The Hall–Kier alpha value is -1.15. The number of carbonyl (C=O) groups is 1. The van der Waals surface area contributed by atoms with E-state index in [9.17, 15) is 4.79 Å². The highest BCUT2D eigenvalue weighted by Crippen LogP contribution is 2.26. The Morgan fingerprint density at radius 3 is 2.40 bits per heavy atom. The van der Waals surface area contributed by atoms with Gasteiger partial charge in [0.25, 0.3) is 0 Å². The Morgan fingerprint density at radius 2 is 1.87 bits per heavy atom. The van der Waals surface area contributed by atoms with Crippen LogP contribution in [0.2, 0.25) is 0 Å². The van der Waals surface area contributed by atoms with Crippen molar-refractivity contribution in [2.24, 2.45) is 0 Å². The molecule has 0 heterocycles. The van der Waals surface area contributed by atoms with Crippen LogP contribution in [0.3, 0.4) is 0 Å². The van der Waals surface area contributed by atoms with Crippen LogP contribution in [-0.4, -0.2) is 5.78 Å². The number of Topliss-reactive ketones (excluding diaryl/α,β-unsaturated/α-hetero) is 1. The van der Waals surface area contributed by atoms with Crippen LogP contribution in [0.4, 0.5) is 0 Å². The maximum absolute atomic E-state index is 11.6. The van der Waals surface area contributed by atoms with E-state index in [0.29, 0.717) is 0 Å². The number of halogens is 1. The van der Waals surface area contributed by atoms with Crippen molar-refractivity contribution in [2.75, 3.05) is 0 Å². The van der Waals surface area contributed by atoms with Gasteiger partial charge in [-0.15, -0.1) is 0 Å². The number of ketones is 1. The molecule has 0 unspecified atom stereocenters. The fourth-order valence-corrected chi connectivity index (χ4v) is 1.90. The van der Waals surface area contributed by atoms with Gasteiger partial charge in [0.1, 0.15) is 0 Å². The summed E-state index contributed by atoms with van der Waals surface area (Å²) in [7, 11) is 0. The molecule has 1 saturated carbocycles. The van der Waals surface area contributed by atoms with E-state index in [2.05, 4.69) is 22.5 Å². The normalized spacial score (nSPS) is 18.9. The summed E-state index contributed by atoms with van der Waals surface area (Å²) in [4.78, 5) is 11.6. The first kappa shape index (κ1) is 10.4. The van der Waals surface area contributed by atoms with Crippen LogP contribution in [0.5, 0.6) is 0 Å². The topological polar surface area (TPSA) is 17.1 Å². The summed E-state index contributed by atoms with van der Waals surface area (Å²) in [5.74, 6) is 0.123. The van der Waals surface area contributed by atoms with Crippen molar-refractivity contribution in [1.82, 2.24) is 0 Å². The molecule has 0 aromatic heterocycles. The lowest BCUT2D eigenvalue weighted by molar-refractivity contribution is -0.111. The van der Waals surface area contributed by atoms with Crippen LogP contribution >= 0.6 is 15.9 Å². The Kier molecular flexibility index (Phi) is 2.87. The Labute approximate surface area is 97.6 Å². The number of allylic oxidation sites excluding steroid dienone is 2. The predicted molar refractivity (Wildman–Crippen MR) is 65.5 cm³/mol. The average molecular weight is 263 g/mol. The first-order chi connectivity index (χ1) is 7.16. The third kappa shape index (κ3) is 2.26. The summed E-state index contributed by atoms with van der Waals surface area (Å²) < 4.78 is 1.05. The van der Waals surface area contributed by atoms with E-state index in [1.807, 2.05) is 30.3 Å². The zero-order valence-corrected chi connectivity index (χ0v) is 9.88. The first-order valence-electron chi connectivity index (χ1n) is 4.85. The summed E-state index contributed by atoms with van der Waals surface area (Å²) in [5, 5.41) is 0. The number of rotatable bonds is 1. The summed E-state index contributed by atoms with van der Waals surface area (Å²) in [6.07, 6.45) is 3.59. The highest BCUT2D eigenvalue weighted by Gasteiger charge is 2.20. The van der Waals surface area contributed by atoms with Gasteiger partial charge < -0.3 is 0 Å². The molecule has 0 atom stereocenters. The minimum Gasteiger partial charge on any atom is -0.289 e. The Morgan fingerprint density at radius 1 is 1.20 bits per heavy atom. The SMILES string of the molecule is C=C1CCC(=Cc2ccc(Br)cc2)C1=O. The van der Waals surface area contributed by atoms with E-state index in [1.165, 1.54) is 0 Å². The van der Waals surface area contributed by atoms with Gasteiger partial charge in [-0.2, -0.15) is 0 Å². The van der Waals surface area contributed by atoms with Crippen LogP contribution < -0.4 is 0 Å². The minimum atomic E-state index is 0.123. The van der Waals surface area contributed by atoms with E-state index in [1.54, 1.807) is 0 Å². The molecule has 0 saturated heterocycles. The maximum atomic E-state index is 11.6. The summed E-state index contributed by atoms with van der Waals surface area (Å²) in [6, 6.07) is 7.93. The molecule has 2 heteroatoms. The highest BCUT2D eigenvalue weighted by atomic mass is 79.9. The molecule has 15 heavy (non-hydrogen) atoms. The van der Waals surface area contributed by atoms with Crippen molar-refractivity contribution in [3.05, 3.63) is 52.0 Å². The smallest absolute Gasteiger partial charge is 0.184 e. The summed E-state index contributed by atoms with van der Waals surface area (Å²) >= 11 is 3.38. The number of hydrogen-bond donors (Lipinski definition) is 0. The quantitative estimate of drug-likeness (QED) is 0.705. The van der Waals surface area contributed by atoms with Gasteiger partial charge >= 0.3 is 0 Å². The zero-order valence-electron chi connectivity index (χ0n) is 8.29. The Bertz CT molecular complexity index is 440. The molecule has 0 amide bonds. The van der Waals surface area contributed by atoms with Crippen LogP contribution in [0.15, 0.2) is 46.5 Å². The molecule has 1 aliphatic carbocycles. The second kappa shape index (κ2) is 4.15. The fraction of sp³-hybridized carbons (Fsp3) is 0.154. The molecular weight excluding hydrogens is 252 g/mol. The molecule has 0 N–H and O–H groups in total. The molecule has 76 valence electrons. The van der Waals surface area contributed by atoms with Crippen molar-refractivity contribution in [2.45, 2.75) is 12.8 Å². The molecule has 1 fully saturated rings. The van der Waals surface area contributed by atoms with Gasteiger partial charge in [0.15, 0.2) is 5.78 Å². The molecule has 1 aromatic rings. The zero-order chi connectivity index (χ0) is 10.8. The molecule has 0 bridgehead atoms. The van der Waals surface area contributed by atoms with Crippen molar-refractivity contribution in [1.29, 1.82) is 0 Å². The summed E-state index contributed by atoms with van der Waals surface area (Å²) in [5.41, 5.74) is 2.68. The average Bonchev–Trinajstić information content (AvgIpc) is 2.53. The molecule has 0 radical (unpaired) electrons. The van der Waals surface area contributed by atoms with Crippen molar-refractivity contribution in [3.8, 4) is 0 Å². The van der Waals surface area contributed by atoms with E-state index in [0.717, 1.165) is 34.0 Å². The lowest BCUT2D eigenvalue weighted by atomic mass is 10.1. The number of hydrogen-bond acceptors (Lipinski definition) is 1. The van der Waals surface area contributed by atoms with Crippen LogP contribution in [-0.2, 0) is 4.79 Å². The van der Waals surface area contributed by atoms with Gasteiger partial charge in [0.2, 0.25) is 0 Å². The molecule has 0 aliphatic heterocycles. The van der Waals surface area contributed by atoms with Gasteiger partial charge in [0, 0.05) is 10.0 Å². The molecule has 0 spiro atoms. The molecule has 1 nitrogen and oxygen atoms in total. The lowest BCUT2D eigenvalue weighted by Gasteiger charge is -1.96. The van der Waals surface area contributed by atoms with E-state index < -0.39 is 0 Å². The Balaban J connectivity index is 2.27. The highest BCUT2D eigenvalue weighted by molar-refractivity contribution is 9.10. The fourth-order valence-electron chi connectivity index (χ4n) is 1.64. The first-order valence-corrected chi connectivity index (χ1v) is 5.65. The van der Waals surface area contributed by atoms with Gasteiger partial charge in [-0.1, -0.05) is 34.6 Å². The van der Waals surface area contributed by atoms with Gasteiger partial charge in [-0.25, -0.2) is 0 Å². The predicted octanol–water partition coefficient (Wildman–Crippen LogP) is 3.75. The standard InChI is InChI=1S/C13H11BrO/c1-9-2-5-11(13(9)15)8-10-3-6-12(14)7-4-10/h3-4,6-8H,1-2,5H2. The van der Waals surface area contributed by atoms with Crippen molar-refractivity contribution >= 4 is 27.8 Å². The van der Waals surface area contributed by atoms with Gasteiger partial charge in [-0.05, 0) is 42.2 Å². The molecule has 1 aliphatic rings. The van der Waals surface area contributed by atoms with Crippen molar-refractivity contribution in [3.63, 3.8) is 0 Å². The van der Waals surface area contributed by atoms with Crippen LogP contribution in [0.1, 0.15) is 18.4 Å². The second-order valence-corrected chi connectivity index (χ2v) is 4.57. The third-order valence-electron chi connectivity index (χ3n) is 2.52. The monoisotopic (exact) mass is 262 g/mol. The van der Waals surface area contributed by atoms with Crippen LogP contribution in [0.25, 0.3) is 6.08 Å². The number of carbonyl (C=O) groups excluding carboxylic acids is 1. The maximum Gasteiger partial charge on any atom is 0.184 e. The van der Waals surface area contributed by atoms with Crippen molar-refractivity contribution < 1.29 is 4.79 Å². The molecule has 1 aromatic carbocycles. The lowest BCUT2D eigenvalue weighted by Crippen LogP contribution is -1.93. The van der Waals surface area contributed by atoms with Crippen LogP contribution in [0, 0.1) is 0 Å². The van der Waals surface area contributed by atoms with E-state index in [-0.39, 0.29) is 5.78 Å². The third-order valence-corrected chi connectivity index (χ3v) is 3.05. The molecular formula is C13H11BrO. The van der Waals surface area contributed by atoms with Gasteiger partial charge in [-0.3, -0.25) is 4.79 Å².